The Morgan fingerprint density at radius 1 is 1.39 bits per heavy atom. The monoisotopic (exact) mass is 255 g/mol. The van der Waals surface area contributed by atoms with Crippen LogP contribution in [0.4, 0.5) is 0 Å². The van der Waals surface area contributed by atoms with Gasteiger partial charge in [-0.3, -0.25) is 4.79 Å². The van der Waals surface area contributed by atoms with Gasteiger partial charge in [-0.2, -0.15) is 0 Å². The van der Waals surface area contributed by atoms with Gasteiger partial charge in [0, 0.05) is 39.3 Å². The third-order valence-electron chi connectivity index (χ3n) is 3.80. The Kier molecular flexibility index (Phi) is 4.97. The van der Waals surface area contributed by atoms with Gasteiger partial charge in [-0.1, -0.05) is 0 Å². The maximum atomic E-state index is 12.3. The summed E-state index contributed by atoms with van der Waals surface area (Å²) in [5.74, 6) is 0.697. The molecule has 0 aromatic rings. The number of hydrogen-bond donors (Lipinski definition) is 2. The van der Waals surface area contributed by atoms with Gasteiger partial charge in [-0.05, 0) is 25.7 Å². The molecule has 3 unspecified atom stereocenters. The molecule has 2 saturated heterocycles. The van der Waals surface area contributed by atoms with E-state index < -0.39 is 0 Å². The molecule has 2 fully saturated rings. The number of nitrogens with one attached hydrogen (secondary N) is 2. The molecule has 0 saturated carbocycles. The lowest BCUT2D eigenvalue weighted by molar-refractivity contribution is -0.133. The van der Waals surface area contributed by atoms with Gasteiger partial charge >= 0.3 is 0 Å². The molecule has 2 aliphatic heterocycles. The lowest BCUT2D eigenvalue weighted by Gasteiger charge is -2.33. The van der Waals surface area contributed by atoms with Crippen molar-refractivity contribution in [1.29, 1.82) is 0 Å². The summed E-state index contributed by atoms with van der Waals surface area (Å²) in [7, 11) is 1.90. The van der Waals surface area contributed by atoms with Crippen molar-refractivity contribution in [3.05, 3.63) is 0 Å². The van der Waals surface area contributed by atoms with Crippen LogP contribution in [0, 0.1) is 5.92 Å². The van der Waals surface area contributed by atoms with Crippen LogP contribution in [0.25, 0.3) is 0 Å². The smallest absolute Gasteiger partial charge is 0.240 e. The second-order valence-electron chi connectivity index (χ2n) is 5.57. The third kappa shape index (κ3) is 3.67. The Balaban J connectivity index is 1.77. The standard InChI is InChI=1S/C13H25N3O2/c1-10-6-15-12(7-14-10)13(17)16(2)8-11-4-3-5-18-9-11/h10-12,14-15H,3-9H2,1-2H3. The van der Waals surface area contributed by atoms with E-state index in [0.29, 0.717) is 12.0 Å². The SMILES string of the molecule is CC1CNC(C(=O)N(C)CC2CCCOC2)CN1. The van der Waals surface area contributed by atoms with Crippen LogP contribution in [0.5, 0.6) is 0 Å². The van der Waals surface area contributed by atoms with Crippen LogP contribution in [0.1, 0.15) is 19.8 Å². The van der Waals surface area contributed by atoms with Gasteiger partial charge < -0.3 is 20.3 Å². The average Bonchev–Trinajstić information content (AvgIpc) is 2.40. The van der Waals surface area contributed by atoms with Gasteiger partial charge in [0.25, 0.3) is 0 Å². The molecule has 0 aromatic carbocycles. The van der Waals surface area contributed by atoms with E-state index in [9.17, 15) is 4.79 Å². The van der Waals surface area contributed by atoms with Crippen LogP contribution in [0.15, 0.2) is 0 Å². The minimum Gasteiger partial charge on any atom is -0.381 e. The highest BCUT2D eigenvalue weighted by Crippen LogP contribution is 2.14. The summed E-state index contributed by atoms with van der Waals surface area (Å²) >= 11 is 0. The minimum atomic E-state index is -0.0734. The molecular weight excluding hydrogens is 230 g/mol. The lowest BCUT2D eigenvalue weighted by atomic mass is 10.0. The Bertz CT molecular complexity index is 271. The van der Waals surface area contributed by atoms with Gasteiger partial charge in [-0.25, -0.2) is 0 Å². The Morgan fingerprint density at radius 2 is 2.22 bits per heavy atom. The van der Waals surface area contributed by atoms with E-state index in [-0.39, 0.29) is 11.9 Å². The van der Waals surface area contributed by atoms with Crippen molar-refractivity contribution < 1.29 is 9.53 Å². The second kappa shape index (κ2) is 6.50. The molecule has 0 aliphatic carbocycles. The van der Waals surface area contributed by atoms with E-state index in [1.54, 1.807) is 0 Å². The Hall–Kier alpha value is -0.650. The zero-order chi connectivity index (χ0) is 13.0. The fraction of sp³-hybridized carbons (Fsp3) is 0.923. The van der Waals surface area contributed by atoms with E-state index in [0.717, 1.165) is 39.3 Å². The molecule has 2 N–H and O–H groups in total. The number of likely N-dealkylation sites (N-methyl/N-ethyl adjacent to an activating group) is 1. The Labute approximate surface area is 109 Å². The summed E-state index contributed by atoms with van der Waals surface area (Å²) in [6.07, 6.45) is 2.29. The topological polar surface area (TPSA) is 53.6 Å². The fourth-order valence-electron chi connectivity index (χ4n) is 2.65. The van der Waals surface area contributed by atoms with Gasteiger partial charge in [0.1, 0.15) is 0 Å². The predicted molar refractivity (Wildman–Crippen MR) is 70.4 cm³/mol. The molecule has 0 bridgehead atoms. The summed E-state index contributed by atoms with van der Waals surface area (Å²) < 4.78 is 5.46. The highest BCUT2D eigenvalue weighted by atomic mass is 16.5. The highest BCUT2D eigenvalue weighted by Gasteiger charge is 2.27. The molecule has 2 aliphatic rings. The van der Waals surface area contributed by atoms with Crippen molar-refractivity contribution in [2.24, 2.45) is 5.92 Å². The molecule has 5 nitrogen and oxygen atoms in total. The summed E-state index contributed by atoms with van der Waals surface area (Å²) in [5.41, 5.74) is 0. The average molecular weight is 255 g/mol. The molecule has 2 rings (SSSR count). The van der Waals surface area contributed by atoms with Crippen molar-refractivity contribution in [2.75, 3.05) is 39.9 Å². The molecule has 18 heavy (non-hydrogen) atoms. The van der Waals surface area contributed by atoms with Crippen LogP contribution in [-0.4, -0.2) is 62.8 Å². The summed E-state index contributed by atoms with van der Waals surface area (Å²) in [6, 6.07) is 0.377. The zero-order valence-electron chi connectivity index (χ0n) is 11.4. The fourth-order valence-corrected chi connectivity index (χ4v) is 2.65. The van der Waals surface area contributed by atoms with Crippen LogP contribution in [0.3, 0.4) is 0 Å². The number of hydrogen-bond acceptors (Lipinski definition) is 4. The normalized spacial score (nSPS) is 33.1. The predicted octanol–water partition coefficient (Wildman–Crippen LogP) is -0.179. The minimum absolute atomic E-state index is 0.0734. The van der Waals surface area contributed by atoms with Crippen molar-refractivity contribution in [3.8, 4) is 0 Å². The van der Waals surface area contributed by atoms with Crippen LogP contribution < -0.4 is 10.6 Å². The van der Waals surface area contributed by atoms with Crippen LogP contribution in [0.2, 0.25) is 0 Å². The van der Waals surface area contributed by atoms with Crippen LogP contribution in [-0.2, 0) is 9.53 Å². The quantitative estimate of drug-likeness (QED) is 0.735. The first-order valence-corrected chi connectivity index (χ1v) is 6.96. The number of piperazine rings is 1. The van der Waals surface area contributed by atoms with Crippen molar-refractivity contribution >= 4 is 5.91 Å². The van der Waals surface area contributed by atoms with Crippen molar-refractivity contribution in [1.82, 2.24) is 15.5 Å². The van der Waals surface area contributed by atoms with Gasteiger partial charge in [0.05, 0.1) is 12.6 Å². The van der Waals surface area contributed by atoms with E-state index in [1.165, 1.54) is 6.42 Å². The first-order chi connectivity index (χ1) is 8.66. The lowest BCUT2D eigenvalue weighted by Crippen LogP contribution is -2.59. The molecule has 5 heteroatoms. The summed E-state index contributed by atoms with van der Waals surface area (Å²) in [5, 5.41) is 6.64. The maximum absolute atomic E-state index is 12.3. The number of carbonyl (C=O) groups is 1. The molecular formula is C13H25N3O2. The van der Waals surface area contributed by atoms with Gasteiger partial charge in [0.15, 0.2) is 0 Å². The second-order valence-corrected chi connectivity index (χ2v) is 5.57. The molecule has 3 atom stereocenters. The van der Waals surface area contributed by atoms with Crippen molar-refractivity contribution in [2.45, 2.75) is 31.8 Å². The summed E-state index contributed by atoms with van der Waals surface area (Å²) in [4.78, 5) is 14.1. The number of nitrogens with zero attached hydrogens (tertiary/aromatic N) is 1. The molecule has 0 aromatic heterocycles. The van der Waals surface area contributed by atoms with E-state index in [4.69, 9.17) is 4.74 Å². The highest BCUT2D eigenvalue weighted by molar-refractivity contribution is 5.82. The van der Waals surface area contributed by atoms with Crippen LogP contribution >= 0.6 is 0 Å². The van der Waals surface area contributed by atoms with Crippen molar-refractivity contribution in [3.63, 3.8) is 0 Å². The largest absolute Gasteiger partial charge is 0.381 e. The van der Waals surface area contributed by atoms with Gasteiger partial charge in [0.2, 0.25) is 5.91 Å². The Morgan fingerprint density at radius 3 is 2.83 bits per heavy atom. The van der Waals surface area contributed by atoms with Gasteiger partial charge in [-0.15, -0.1) is 0 Å². The zero-order valence-corrected chi connectivity index (χ0v) is 11.4. The first kappa shape index (κ1) is 13.8. The molecule has 0 spiro atoms. The molecule has 1 amide bonds. The molecule has 104 valence electrons. The summed E-state index contributed by atoms with van der Waals surface area (Å²) in [6.45, 7) is 6.19. The first-order valence-electron chi connectivity index (χ1n) is 6.96. The van der Waals surface area contributed by atoms with E-state index >= 15 is 0 Å². The number of rotatable bonds is 3. The van der Waals surface area contributed by atoms with E-state index in [1.807, 2.05) is 11.9 Å². The number of carbonyl (C=O) groups excluding carboxylic acids is 1. The number of amides is 1. The molecule has 2 heterocycles. The number of ether oxygens (including phenoxy) is 1. The van der Waals surface area contributed by atoms with E-state index in [2.05, 4.69) is 17.6 Å². The molecule has 0 radical (unpaired) electrons. The third-order valence-corrected chi connectivity index (χ3v) is 3.80. The maximum Gasteiger partial charge on any atom is 0.240 e.